The maximum atomic E-state index is 13.1. The lowest BCUT2D eigenvalue weighted by Gasteiger charge is -2.38. The minimum atomic E-state index is -0.264. The predicted molar refractivity (Wildman–Crippen MR) is 105 cm³/mol. The summed E-state index contributed by atoms with van der Waals surface area (Å²) < 4.78 is 14.9. The third kappa shape index (κ3) is 3.68. The van der Waals surface area contributed by atoms with E-state index in [0.29, 0.717) is 11.7 Å². The predicted octanol–water partition coefficient (Wildman–Crippen LogP) is 3.22. The van der Waals surface area contributed by atoms with Gasteiger partial charge in [0.05, 0.1) is 18.1 Å². The van der Waals surface area contributed by atoms with Crippen molar-refractivity contribution in [3.05, 3.63) is 59.5 Å². The molecule has 1 atom stereocenters. The van der Waals surface area contributed by atoms with Gasteiger partial charge in [-0.1, -0.05) is 23.7 Å². The van der Waals surface area contributed by atoms with Gasteiger partial charge >= 0.3 is 0 Å². The molecule has 1 fully saturated rings. The highest BCUT2D eigenvalue weighted by molar-refractivity contribution is 6.34. The third-order valence-corrected chi connectivity index (χ3v) is 5.38. The number of nitrogens with zero attached hydrogens (tertiary/aromatic N) is 4. The first-order valence-corrected chi connectivity index (χ1v) is 9.34. The highest BCUT2D eigenvalue weighted by Gasteiger charge is 2.25. The fraction of sp³-hybridized carbons (Fsp3) is 0.300. The largest absolute Gasteiger partial charge is 0.369 e. The standard InChI is InChI=1S/C20H20ClFN4O/c21-20-18-3-1-2-4-19(18)26(23-20)13-17(14-27)25-11-9-24(10-12-25)16-7-5-15(22)6-8-16/h1-8,14,17H,9-13H2. The van der Waals surface area contributed by atoms with Gasteiger partial charge in [0.15, 0.2) is 5.15 Å². The van der Waals surface area contributed by atoms with Gasteiger partial charge in [0.1, 0.15) is 12.1 Å². The number of carbonyl (C=O) groups is 1. The summed E-state index contributed by atoms with van der Waals surface area (Å²) in [7, 11) is 0. The van der Waals surface area contributed by atoms with E-state index in [1.165, 1.54) is 12.1 Å². The smallest absolute Gasteiger partial charge is 0.158 e. The Morgan fingerprint density at radius 2 is 1.78 bits per heavy atom. The Balaban J connectivity index is 1.44. The summed E-state index contributed by atoms with van der Waals surface area (Å²) in [6.07, 6.45) is 0.984. The number of carbonyl (C=O) groups excluding carboxylic acids is 1. The van der Waals surface area contributed by atoms with E-state index >= 15 is 0 Å². The Labute approximate surface area is 161 Å². The highest BCUT2D eigenvalue weighted by atomic mass is 35.5. The Bertz CT molecular complexity index is 935. The van der Waals surface area contributed by atoms with Crippen LogP contribution in [0.1, 0.15) is 0 Å². The molecule has 2 heterocycles. The van der Waals surface area contributed by atoms with Crippen molar-refractivity contribution >= 4 is 34.5 Å². The summed E-state index contributed by atoms with van der Waals surface area (Å²) >= 11 is 6.22. The van der Waals surface area contributed by atoms with Gasteiger partial charge in [0.2, 0.25) is 0 Å². The van der Waals surface area contributed by atoms with Crippen molar-refractivity contribution in [2.24, 2.45) is 0 Å². The fourth-order valence-corrected chi connectivity index (χ4v) is 3.86. The van der Waals surface area contributed by atoms with Crippen LogP contribution in [0.2, 0.25) is 5.15 Å². The van der Waals surface area contributed by atoms with E-state index in [1.54, 1.807) is 12.1 Å². The van der Waals surface area contributed by atoms with E-state index in [9.17, 15) is 9.18 Å². The number of halogens is 2. The fourth-order valence-electron chi connectivity index (χ4n) is 3.61. The monoisotopic (exact) mass is 386 g/mol. The van der Waals surface area contributed by atoms with Crippen molar-refractivity contribution in [3.63, 3.8) is 0 Å². The van der Waals surface area contributed by atoms with Gasteiger partial charge in [-0.15, -0.1) is 0 Å². The first-order chi connectivity index (χ1) is 13.2. The average molecular weight is 387 g/mol. The molecule has 1 aliphatic heterocycles. The summed E-state index contributed by atoms with van der Waals surface area (Å²) in [5, 5.41) is 5.74. The quantitative estimate of drug-likeness (QED) is 0.631. The Kier molecular flexibility index (Phi) is 5.09. The summed E-state index contributed by atoms with van der Waals surface area (Å²) in [6.45, 7) is 3.56. The SMILES string of the molecule is O=CC(Cn1nc(Cl)c2ccccc21)N1CCN(c2ccc(F)cc2)CC1. The number of aldehydes is 1. The molecule has 0 radical (unpaired) electrons. The van der Waals surface area contributed by atoms with Crippen LogP contribution in [0.25, 0.3) is 10.9 Å². The van der Waals surface area contributed by atoms with E-state index in [2.05, 4.69) is 14.9 Å². The van der Waals surface area contributed by atoms with Gasteiger partial charge in [-0.2, -0.15) is 5.10 Å². The molecule has 2 aromatic carbocycles. The molecule has 0 spiro atoms. The number of anilines is 1. The number of rotatable bonds is 5. The average Bonchev–Trinajstić information content (AvgIpc) is 3.03. The number of fused-ring (bicyclic) bond motifs is 1. The molecule has 0 amide bonds. The molecule has 0 N–H and O–H groups in total. The lowest BCUT2D eigenvalue weighted by Crippen LogP contribution is -2.52. The van der Waals surface area contributed by atoms with Gasteiger partial charge in [-0.25, -0.2) is 4.39 Å². The number of para-hydroxylation sites is 1. The zero-order valence-electron chi connectivity index (χ0n) is 14.8. The van der Waals surface area contributed by atoms with E-state index in [-0.39, 0.29) is 11.9 Å². The van der Waals surface area contributed by atoms with Crippen molar-refractivity contribution in [3.8, 4) is 0 Å². The van der Waals surface area contributed by atoms with Gasteiger partial charge < -0.3 is 9.69 Å². The maximum Gasteiger partial charge on any atom is 0.158 e. The summed E-state index contributed by atoms with van der Waals surface area (Å²) in [4.78, 5) is 16.1. The Morgan fingerprint density at radius 3 is 2.48 bits per heavy atom. The van der Waals surface area contributed by atoms with E-state index in [1.807, 2.05) is 28.9 Å². The van der Waals surface area contributed by atoms with Gasteiger partial charge in [0, 0.05) is 37.3 Å². The normalized spacial score (nSPS) is 16.6. The molecule has 27 heavy (non-hydrogen) atoms. The maximum absolute atomic E-state index is 13.1. The van der Waals surface area contributed by atoms with Crippen LogP contribution in [0.5, 0.6) is 0 Å². The van der Waals surface area contributed by atoms with E-state index < -0.39 is 0 Å². The molecule has 4 rings (SSSR count). The van der Waals surface area contributed by atoms with Crippen LogP contribution in [0.15, 0.2) is 48.5 Å². The second-order valence-electron chi connectivity index (χ2n) is 6.69. The molecule has 1 saturated heterocycles. The van der Waals surface area contributed by atoms with Crippen LogP contribution >= 0.6 is 11.6 Å². The summed E-state index contributed by atoms with van der Waals surface area (Å²) in [5.74, 6) is -0.233. The lowest BCUT2D eigenvalue weighted by molar-refractivity contribution is -0.113. The summed E-state index contributed by atoms with van der Waals surface area (Å²) in [6, 6.07) is 14.0. The number of benzene rings is 2. The van der Waals surface area contributed by atoms with Crippen LogP contribution in [0, 0.1) is 5.82 Å². The molecule has 140 valence electrons. The first kappa shape index (κ1) is 17.9. The topological polar surface area (TPSA) is 41.4 Å². The molecule has 7 heteroatoms. The molecule has 1 aromatic heterocycles. The Morgan fingerprint density at radius 1 is 1.07 bits per heavy atom. The zero-order valence-corrected chi connectivity index (χ0v) is 15.5. The first-order valence-electron chi connectivity index (χ1n) is 8.96. The second-order valence-corrected chi connectivity index (χ2v) is 7.05. The lowest BCUT2D eigenvalue weighted by atomic mass is 10.2. The van der Waals surface area contributed by atoms with Crippen LogP contribution < -0.4 is 4.90 Å². The molecular weight excluding hydrogens is 367 g/mol. The van der Waals surface area contributed by atoms with Gasteiger partial charge in [0.25, 0.3) is 0 Å². The van der Waals surface area contributed by atoms with Crippen molar-refractivity contribution < 1.29 is 9.18 Å². The van der Waals surface area contributed by atoms with Crippen LogP contribution in [-0.2, 0) is 11.3 Å². The van der Waals surface area contributed by atoms with E-state index in [4.69, 9.17) is 11.6 Å². The number of hydrogen-bond donors (Lipinski definition) is 0. The zero-order chi connectivity index (χ0) is 18.8. The van der Waals surface area contributed by atoms with Crippen molar-refractivity contribution in [2.75, 3.05) is 31.1 Å². The summed E-state index contributed by atoms with van der Waals surface area (Å²) in [5.41, 5.74) is 1.93. The molecule has 5 nitrogen and oxygen atoms in total. The van der Waals surface area contributed by atoms with Gasteiger partial charge in [-0.3, -0.25) is 9.58 Å². The Hall–Kier alpha value is -2.44. The second kappa shape index (κ2) is 7.66. The molecular formula is C20H20ClFN4O. The molecule has 0 aliphatic carbocycles. The van der Waals surface area contributed by atoms with Crippen LogP contribution in [0.4, 0.5) is 10.1 Å². The third-order valence-electron chi connectivity index (χ3n) is 5.11. The van der Waals surface area contributed by atoms with Crippen LogP contribution in [-0.4, -0.2) is 53.2 Å². The molecule has 1 aliphatic rings. The number of hydrogen-bond acceptors (Lipinski definition) is 4. The molecule has 1 unspecified atom stereocenters. The minimum absolute atomic E-state index is 0.233. The number of aromatic nitrogens is 2. The highest BCUT2D eigenvalue weighted by Crippen LogP contribution is 2.23. The van der Waals surface area contributed by atoms with Crippen LogP contribution in [0.3, 0.4) is 0 Å². The molecule has 0 bridgehead atoms. The van der Waals surface area contributed by atoms with Gasteiger partial charge in [-0.05, 0) is 36.4 Å². The minimum Gasteiger partial charge on any atom is -0.369 e. The van der Waals surface area contributed by atoms with Crippen molar-refractivity contribution in [1.29, 1.82) is 0 Å². The molecule has 3 aromatic rings. The number of piperazine rings is 1. The van der Waals surface area contributed by atoms with Crippen molar-refractivity contribution in [2.45, 2.75) is 12.6 Å². The molecule has 0 saturated carbocycles. The van der Waals surface area contributed by atoms with E-state index in [0.717, 1.165) is 49.1 Å². The van der Waals surface area contributed by atoms with Crippen molar-refractivity contribution in [1.82, 2.24) is 14.7 Å².